The second-order valence-corrected chi connectivity index (χ2v) is 14.6. The minimum Gasteiger partial charge on any atom is -0.344 e. The highest BCUT2D eigenvalue weighted by Gasteiger charge is 2.18. The van der Waals surface area contributed by atoms with Crippen LogP contribution in [-0.4, -0.2) is 9.13 Å². The normalized spacial score (nSPS) is 11.9. The number of hydrogen-bond acceptors (Lipinski definition) is 0. The molecule has 0 atom stereocenters. The Hall–Kier alpha value is -6.90. The molecule has 11 aromatic rings. The van der Waals surface area contributed by atoms with Crippen LogP contribution in [0.5, 0.6) is 0 Å². The Morgan fingerprint density at radius 3 is 1.20 bits per heavy atom. The van der Waals surface area contributed by atoms with Gasteiger partial charge < -0.3 is 9.13 Å². The summed E-state index contributed by atoms with van der Waals surface area (Å²) in [5.41, 5.74) is 14.8. The third-order valence-electron chi connectivity index (χ3n) is 11.8. The first-order valence-electron chi connectivity index (χ1n) is 18.7. The summed E-state index contributed by atoms with van der Waals surface area (Å²) in [4.78, 5) is 0. The van der Waals surface area contributed by atoms with Gasteiger partial charge in [0.1, 0.15) is 0 Å². The van der Waals surface area contributed by atoms with Crippen LogP contribution in [0.2, 0.25) is 0 Å². The minimum atomic E-state index is 1.22. The van der Waals surface area contributed by atoms with Crippen molar-refractivity contribution < 1.29 is 0 Å². The molecule has 0 unspecified atom stereocenters. The summed E-state index contributed by atoms with van der Waals surface area (Å²) in [6.45, 7) is 0. The summed E-state index contributed by atoms with van der Waals surface area (Å²) in [5, 5.41) is 10.2. The van der Waals surface area contributed by atoms with E-state index in [4.69, 9.17) is 0 Å². The summed E-state index contributed by atoms with van der Waals surface area (Å²) in [6, 6.07) is 67.3. The molecule has 0 aliphatic rings. The lowest BCUT2D eigenvalue weighted by Crippen LogP contribution is -1.92. The van der Waals surface area contributed by atoms with Gasteiger partial charge in [0.25, 0.3) is 0 Å². The van der Waals surface area contributed by atoms with E-state index in [9.17, 15) is 0 Å². The van der Waals surface area contributed by atoms with Crippen molar-refractivity contribution in [2.45, 2.75) is 0 Å². The summed E-state index contributed by atoms with van der Waals surface area (Å²) < 4.78 is 4.66. The Morgan fingerprint density at radius 1 is 0.259 bits per heavy atom. The quantitative estimate of drug-likeness (QED) is 0.163. The zero-order chi connectivity index (χ0) is 35.9. The lowest BCUT2D eigenvalue weighted by atomic mass is 9.86. The van der Waals surface area contributed by atoms with E-state index in [2.05, 4.69) is 205 Å². The van der Waals surface area contributed by atoms with Gasteiger partial charge >= 0.3 is 0 Å². The van der Waals surface area contributed by atoms with Crippen molar-refractivity contribution in [1.29, 1.82) is 0 Å². The van der Waals surface area contributed by atoms with Crippen LogP contribution in [0.3, 0.4) is 0 Å². The first-order valence-corrected chi connectivity index (χ1v) is 18.7. The van der Waals surface area contributed by atoms with Crippen molar-refractivity contribution in [3.05, 3.63) is 182 Å². The van der Waals surface area contributed by atoms with Gasteiger partial charge in [-0.25, -0.2) is 0 Å². The van der Waals surface area contributed by atoms with Crippen LogP contribution in [0.1, 0.15) is 0 Å². The lowest BCUT2D eigenvalue weighted by Gasteiger charge is -2.18. The zero-order valence-corrected chi connectivity index (χ0v) is 30.2. The van der Waals surface area contributed by atoms with E-state index in [-0.39, 0.29) is 0 Å². The number of fused-ring (bicyclic) bond motifs is 8. The molecule has 0 amide bonds. The highest BCUT2D eigenvalue weighted by Crippen LogP contribution is 2.45. The second kappa shape index (κ2) is 11.8. The molecule has 11 rings (SSSR count). The summed E-state index contributed by atoms with van der Waals surface area (Å²) in [6.07, 6.45) is 0. The van der Waals surface area contributed by atoms with E-state index < -0.39 is 0 Å². The van der Waals surface area contributed by atoms with Crippen LogP contribution in [-0.2, 0) is 14.1 Å². The van der Waals surface area contributed by atoms with Gasteiger partial charge in [0.2, 0.25) is 0 Å². The van der Waals surface area contributed by atoms with Crippen molar-refractivity contribution in [2.24, 2.45) is 14.1 Å². The Kier molecular flexibility index (Phi) is 6.72. The number of hydrogen-bond donors (Lipinski definition) is 0. The van der Waals surface area contributed by atoms with E-state index in [1.807, 2.05) is 0 Å². The highest BCUT2D eigenvalue weighted by atomic mass is 14.9. The second-order valence-electron chi connectivity index (χ2n) is 14.6. The number of rotatable bonds is 4. The van der Waals surface area contributed by atoms with Crippen molar-refractivity contribution in [3.63, 3.8) is 0 Å². The molecule has 2 nitrogen and oxygen atoms in total. The standard InChI is InChI=1S/C52H36N2/c1-53-48-20-8-6-14-40(48)42-28-26-36(30-50(42)53)38-16-10-18-44-46(38)32-47-39(37-27-29-43-41-15-7-9-21-49(41)54(2)51(43)31-37)17-11-19-45(47)52(44)35-24-22-34(23-25-35)33-12-4-3-5-13-33/h3-32H,1-2H3. The molecule has 0 aliphatic heterocycles. The van der Waals surface area contributed by atoms with Gasteiger partial charge in [-0.2, -0.15) is 0 Å². The van der Waals surface area contributed by atoms with Crippen LogP contribution in [0.4, 0.5) is 0 Å². The molecule has 0 aliphatic carbocycles. The molecule has 0 saturated heterocycles. The van der Waals surface area contributed by atoms with Crippen LogP contribution in [0.15, 0.2) is 182 Å². The SMILES string of the molecule is Cn1c2ccccc2c2ccc(-c3cccc4c(-c5ccc(-c6ccccc6)cc5)c5cccc(-c6ccc7c8ccccc8n(C)c7c6)c5cc34)cc21. The Balaban J connectivity index is 1.19. The van der Waals surface area contributed by atoms with Gasteiger partial charge in [-0.1, -0.05) is 152 Å². The van der Waals surface area contributed by atoms with E-state index >= 15 is 0 Å². The molecule has 2 aromatic heterocycles. The van der Waals surface area contributed by atoms with Gasteiger partial charge in [-0.05, 0) is 96.4 Å². The van der Waals surface area contributed by atoms with Crippen molar-refractivity contribution in [3.8, 4) is 44.5 Å². The van der Waals surface area contributed by atoms with Gasteiger partial charge in [-0.15, -0.1) is 0 Å². The van der Waals surface area contributed by atoms with Crippen LogP contribution in [0, 0.1) is 0 Å². The monoisotopic (exact) mass is 688 g/mol. The molecule has 0 saturated carbocycles. The number of para-hydroxylation sites is 2. The van der Waals surface area contributed by atoms with Crippen LogP contribution in [0.25, 0.3) is 110 Å². The van der Waals surface area contributed by atoms with E-state index in [0.717, 1.165) is 0 Å². The predicted octanol–water partition coefficient (Wildman–Crippen LogP) is 14.0. The molecule has 2 heterocycles. The molecule has 0 radical (unpaired) electrons. The molecular formula is C52H36N2. The number of benzene rings is 9. The number of nitrogens with zero attached hydrogens (tertiary/aromatic N) is 2. The number of aromatic nitrogens is 2. The average molecular weight is 689 g/mol. The molecule has 0 N–H and O–H groups in total. The van der Waals surface area contributed by atoms with Crippen molar-refractivity contribution in [1.82, 2.24) is 9.13 Å². The molecule has 54 heavy (non-hydrogen) atoms. The molecular weight excluding hydrogens is 653 g/mol. The highest BCUT2D eigenvalue weighted by molar-refractivity contribution is 6.20. The van der Waals surface area contributed by atoms with E-state index in [0.29, 0.717) is 0 Å². The van der Waals surface area contributed by atoms with Gasteiger partial charge in [0, 0.05) is 57.7 Å². The lowest BCUT2D eigenvalue weighted by molar-refractivity contribution is 1.01. The molecule has 0 bridgehead atoms. The molecule has 9 aromatic carbocycles. The fourth-order valence-corrected chi connectivity index (χ4v) is 9.10. The van der Waals surface area contributed by atoms with E-state index in [1.165, 1.54) is 110 Å². The first kappa shape index (κ1) is 30.7. The topological polar surface area (TPSA) is 9.86 Å². The van der Waals surface area contributed by atoms with Crippen LogP contribution >= 0.6 is 0 Å². The summed E-state index contributed by atoms with van der Waals surface area (Å²) in [5.74, 6) is 0. The first-order chi connectivity index (χ1) is 26.6. The Morgan fingerprint density at radius 2 is 0.667 bits per heavy atom. The maximum atomic E-state index is 2.45. The predicted molar refractivity (Wildman–Crippen MR) is 231 cm³/mol. The Labute approximate surface area is 313 Å². The minimum absolute atomic E-state index is 1.22. The molecule has 0 spiro atoms. The zero-order valence-electron chi connectivity index (χ0n) is 30.2. The van der Waals surface area contributed by atoms with Crippen molar-refractivity contribution >= 4 is 65.2 Å². The van der Waals surface area contributed by atoms with E-state index in [1.54, 1.807) is 0 Å². The number of aryl methyl sites for hydroxylation is 2. The third kappa shape index (κ3) is 4.53. The fraction of sp³-hybridized carbons (Fsp3) is 0.0385. The smallest absolute Gasteiger partial charge is 0.0494 e. The van der Waals surface area contributed by atoms with Crippen LogP contribution < -0.4 is 0 Å². The fourth-order valence-electron chi connectivity index (χ4n) is 9.10. The maximum Gasteiger partial charge on any atom is 0.0494 e. The van der Waals surface area contributed by atoms with Gasteiger partial charge in [-0.3, -0.25) is 0 Å². The van der Waals surface area contributed by atoms with Gasteiger partial charge in [0.05, 0.1) is 0 Å². The summed E-state index contributed by atoms with van der Waals surface area (Å²) in [7, 11) is 4.36. The largest absolute Gasteiger partial charge is 0.344 e. The van der Waals surface area contributed by atoms with Crippen molar-refractivity contribution in [2.75, 3.05) is 0 Å². The summed E-state index contributed by atoms with van der Waals surface area (Å²) >= 11 is 0. The van der Waals surface area contributed by atoms with Gasteiger partial charge in [0.15, 0.2) is 0 Å². The maximum absolute atomic E-state index is 2.45. The molecule has 2 heteroatoms. The molecule has 0 fully saturated rings. The Bertz CT molecular complexity index is 3090. The molecule has 254 valence electrons. The average Bonchev–Trinajstić information content (AvgIpc) is 3.69. The third-order valence-corrected chi connectivity index (χ3v) is 11.8.